The van der Waals surface area contributed by atoms with Gasteiger partial charge in [0.1, 0.15) is 5.82 Å². The van der Waals surface area contributed by atoms with Crippen LogP contribution in [0.3, 0.4) is 0 Å². The number of hydrogen-bond donors (Lipinski definition) is 0. The van der Waals surface area contributed by atoms with Crippen LogP contribution in [0.1, 0.15) is 5.56 Å². The first-order valence-electron chi connectivity index (χ1n) is 3.36. The second-order valence-corrected chi connectivity index (χ2v) is 3.43. The van der Waals surface area contributed by atoms with Gasteiger partial charge in [0.2, 0.25) is 6.20 Å². The number of hydrogen-bond acceptors (Lipinski definition) is 2. The summed E-state index contributed by atoms with van der Waals surface area (Å²) >= 11 is 1.83. The van der Waals surface area contributed by atoms with E-state index in [1.165, 1.54) is 24.3 Å². The summed E-state index contributed by atoms with van der Waals surface area (Å²) in [6.45, 7) is 0. The van der Waals surface area contributed by atoms with Crippen molar-refractivity contribution in [2.24, 2.45) is 0 Å². The largest absolute Gasteiger partial charge is 0.259 e. The van der Waals surface area contributed by atoms with Crippen molar-refractivity contribution >= 4 is 26.2 Å². The molecule has 13 heavy (non-hydrogen) atoms. The van der Waals surface area contributed by atoms with Gasteiger partial charge in [0.05, 0.1) is 8.50 Å². The summed E-state index contributed by atoms with van der Waals surface area (Å²) in [5.74, 6) is -0.353. The molecule has 1 aromatic carbocycles. The van der Waals surface area contributed by atoms with E-state index in [9.17, 15) is 14.5 Å². The van der Waals surface area contributed by atoms with Crippen molar-refractivity contribution in [2.75, 3.05) is 0 Å². The van der Waals surface area contributed by atoms with Gasteiger partial charge in [0.25, 0.3) is 0 Å². The molecule has 0 saturated heterocycles. The molecule has 0 aliphatic rings. The second-order valence-electron chi connectivity index (χ2n) is 2.27. The summed E-state index contributed by atoms with van der Waals surface area (Å²) in [6, 6.07) is 5.53. The molecule has 0 aliphatic heterocycles. The Hall–Kier alpha value is -0.980. The van der Waals surface area contributed by atoms with Gasteiger partial charge in [-0.3, -0.25) is 10.1 Å². The summed E-state index contributed by atoms with van der Waals surface area (Å²) in [6.07, 6.45) is 0.883. The topological polar surface area (TPSA) is 43.1 Å². The van der Waals surface area contributed by atoms with E-state index in [0.717, 1.165) is 6.20 Å². The first kappa shape index (κ1) is 10.1. The van der Waals surface area contributed by atoms with Crippen molar-refractivity contribution < 1.29 is 9.31 Å². The monoisotopic (exact) mass is 293 g/mol. The lowest BCUT2D eigenvalue weighted by Crippen LogP contribution is -1.86. The lowest BCUT2D eigenvalue weighted by atomic mass is 10.2. The molecule has 0 saturated carbocycles. The molecule has 0 unspecified atom stereocenters. The minimum Gasteiger partial charge on any atom is -0.259 e. The van der Waals surface area contributed by atoms with Crippen LogP contribution in [0.2, 0.25) is 0 Å². The molecule has 5 heteroatoms. The molecule has 0 fully saturated rings. The van der Waals surface area contributed by atoms with Crippen LogP contribution in [-0.4, -0.2) is 4.92 Å². The Bertz CT molecular complexity index is 348. The van der Waals surface area contributed by atoms with Gasteiger partial charge in [-0.2, -0.15) is 0 Å². The van der Waals surface area contributed by atoms with E-state index in [0.29, 0.717) is 9.14 Å². The van der Waals surface area contributed by atoms with Crippen LogP contribution >= 0.6 is 22.6 Å². The third-order valence-corrected chi connectivity index (χ3v) is 2.24. The normalized spacial score (nSPS) is 11.4. The van der Waals surface area contributed by atoms with Gasteiger partial charge in [-0.25, -0.2) is 4.39 Å². The molecule has 3 nitrogen and oxygen atoms in total. The van der Waals surface area contributed by atoms with Crippen LogP contribution in [-0.2, 0) is 0 Å². The zero-order valence-corrected chi connectivity index (χ0v) is 8.56. The average molecular weight is 293 g/mol. The Morgan fingerprint density at radius 3 is 2.46 bits per heavy atom. The Balaban J connectivity index is 2.96. The van der Waals surface area contributed by atoms with E-state index < -0.39 is 4.92 Å². The fraction of sp³-hybridized carbons (Fsp3) is 0. The van der Waals surface area contributed by atoms with Crippen molar-refractivity contribution in [1.82, 2.24) is 0 Å². The van der Waals surface area contributed by atoms with E-state index in [1.54, 1.807) is 0 Å². The molecular formula is C8H5FINO2. The fourth-order valence-corrected chi connectivity index (χ4v) is 1.36. The molecule has 0 heterocycles. The maximum atomic E-state index is 12.5. The number of nitrogens with zero attached hydrogens (tertiary/aromatic N) is 1. The van der Waals surface area contributed by atoms with Crippen LogP contribution in [0.25, 0.3) is 3.58 Å². The molecule has 0 N–H and O–H groups in total. The first-order valence-corrected chi connectivity index (χ1v) is 4.44. The Morgan fingerprint density at radius 1 is 1.46 bits per heavy atom. The van der Waals surface area contributed by atoms with E-state index in [1.807, 2.05) is 22.6 Å². The van der Waals surface area contributed by atoms with Crippen molar-refractivity contribution in [3.8, 4) is 0 Å². The van der Waals surface area contributed by atoms with Gasteiger partial charge >= 0.3 is 0 Å². The summed E-state index contributed by atoms with van der Waals surface area (Å²) in [5, 5.41) is 10.1. The van der Waals surface area contributed by atoms with E-state index in [2.05, 4.69) is 0 Å². The van der Waals surface area contributed by atoms with Crippen LogP contribution in [0.15, 0.2) is 30.5 Å². The summed E-state index contributed by atoms with van der Waals surface area (Å²) in [5.41, 5.74) is 0.638. The standard InChI is InChI=1S/C8H5FINO2/c9-7-3-1-6(2-4-7)8(10)5-11(12)13/h1-5H/b8-5-. The summed E-state index contributed by atoms with van der Waals surface area (Å²) < 4.78 is 12.9. The number of nitro groups is 1. The Kier molecular flexibility index (Phi) is 3.35. The van der Waals surface area contributed by atoms with E-state index >= 15 is 0 Å². The zero-order valence-electron chi connectivity index (χ0n) is 6.41. The minimum absolute atomic E-state index is 0.353. The average Bonchev–Trinajstić information content (AvgIpc) is 2.04. The maximum absolute atomic E-state index is 12.5. The predicted molar refractivity (Wildman–Crippen MR) is 55.4 cm³/mol. The zero-order chi connectivity index (χ0) is 9.84. The summed E-state index contributed by atoms with van der Waals surface area (Å²) in [7, 11) is 0. The SMILES string of the molecule is O=[N+]([O-])/C=C(\I)c1ccc(F)cc1. The molecule has 68 valence electrons. The smallest absolute Gasteiger partial charge is 0.248 e. The minimum atomic E-state index is -0.537. The highest BCUT2D eigenvalue weighted by Crippen LogP contribution is 2.21. The van der Waals surface area contributed by atoms with Crippen LogP contribution in [0.5, 0.6) is 0 Å². The number of halogens is 2. The van der Waals surface area contributed by atoms with Crippen LogP contribution in [0, 0.1) is 15.9 Å². The van der Waals surface area contributed by atoms with Crippen LogP contribution in [0.4, 0.5) is 4.39 Å². The lowest BCUT2D eigenvalue weighted by Gasteiger charge is -1.95. The molecule has 0 spiro atoms. The second kappa shape index (κ2) is 4.31. The van der Waals surface area contributed by atoms with Crippen LogP contribution < -0.4 is 0 Å². The lowest BCUT2D eigenvalue weighted by molar-refractivity contribution is -0.401. The number of benzene rings is 1. The molecule has 0 radical (unpaired) electrons. The molecular weight excluding hydrogens is 288 g/mol. The highest BCUT2D eigenvalue weighted by molar-refractivity contribution is 14.1. The van der Waals surface area contributed by atoms with Gasteiger partial charge in [0, 0.05) is 0 Å². The third-order valence-electron chi connectivity index (χ3n) is 1.34. The molecule has 0 bridgehead atoms. The first-order chi connectivity index (χ1) is 6.09. The Morgan fingerprint density at radius 2 is 2.00 bits per heavy atom. The van der Waals surface area contributed by atoms with Gasteiger partial charge in [0.15, 0.2) is 0 Å². The number of rotatable bonds is 2. The fourth-order valence-electron chi connectivity index (χ4n) is 0.776. The van der Waals surface area contributed by atoms with Crippen molar-refractivity contribution in [1.29, 1.82) is 0 Å². The van der Waals surface area contributed by atoms with Gasteiger partial charge < -0.3 is 0 Å². The van der Waals surface area contributed by atoms with Crippen molar-refractivity contribution in [3.05, 3.63) is 52.0 Å². The summed E-state index contributed by atoms with van der Waals surface area (Å²) in [4.78, 5) is 9.56. The molecule has 0 aromatic heterocycles. The highest BCUT2D eigenvalue weighted by atomic mass is 127. The van der Waals surface area contributed by atoms with Gasteiger partial charge in [-0.05, 0) is 40.3 Å². The van der Waals surface area contributed by atoms with Crippen molar-refractivity contribution in [2.45, 2.75) is 0 Å². The Labute approximate surface area is 87.6 Å². The van der Waals surface area contributed by atoms with Gasteiger partial charge in [-0.15, -0.1) is 0 Å². The molecule has 1 rings (SSSR count). The third kappa shape index (κ3) is 3.10. The maximum Gasteiger partial charge on any atom is 0.248 e. The van der Waals surface area contributed by atoms with Crippen molar-refractivity contribution in [3.63, 3.8) is 0 Å². The van der Waals surface area contributed by atoms with E-state index in [-0.39, 0.29) is 5.82 Å². The van der Waals surface area contributed by atoms with Gasteiger partial charge in [-0.1, -0.05) is 12.1 Å². The highest BCUT2D eigenvalue weighted by Gasteiger charge is 2.01. The predicted octanol–water partition coefficient (Wildman–Crippen LogP) is 2.84. The quantitative estimate of drug-likeness (QED) is 0.478. The molecule has 0 aliphatic carbocycles. The molecule has 1 aromatic rings. The molecule has 0 atom stereocenters. The molecule has 0 amide bonds. The van der Waals surface area contributed by atoms with E-state index in [4.69, 9.17) is 0 Å².